The number of hydrogen-bond acceptors (Lipinski definition) is 3. The number of aryl methyl sites for hydroxylation is 1. The quantitative estimate of drug-likeness (QED) is 0.240. The molecule has 0 saturated carbocycles. The molecule has 1 heterocycles. The minimum absolute atomic E-state index is 0.357. The first-order valence-corrected chi connectivity index (χ1v) is 11.6. The van der Waals surface area contributed by atoms with E-state index < -0.39 is 0 Å². The molecule has 0 amide bonds. The van der Waals surface area contributed by atoms with Crippen LogP contribution < -0.4 is 9.47 Å². The Labute approximate surface area is 194 Å². The van der Waals surface area contributed by atoms with Crippen molar-refractivity contribution in [3.05, 3.63) is 89.2 Å². The molecule has 1 aromatic heterocycles. The second-order valence-corrected chi connectivity index (χ2v) is 8.38. The van der Waals surface area contributed by atoms with Gasteiger partial charge in [-0.05, 0) is 60.7 Å². The fourth-order valence-corrected chi connectivity index (χ4v) is 3.92. The first-order valence-electron chi connectivity index (χ1n) is 11.2. The number of rotatable bonds is 10. The molecule has 0 spiro atoms. The van der Waals surface area contributed by atoms with Gasteiger partial charge in [0.15, 0.2) is 0 Å². The average Bonchev–Trinajstić information content (AvgIpc) is 3.18. The molecule has 0 aliphatic carbocycles. The van der Waals surface area contributed by atoms with Crippen molar-refractivity contribution >= 4 is 22.6 Å². The smallest absolute Gasteiger partial charge is 0.148 e. The van der Waals surface area contributed by atoms with Crippen molar-refractivity contribution in [2.75, 3.05) is 6.61 Å². The van der Waals surface area contributed by atoms with Gasteiger partial charge in [0.1, 0.15) is 23.9 Å². The first-order chi connectivity index (χ1) is 15.7. The summed E-state index contributed by atoms with van der Waals surface area (Å²) in [7, 11) is 0. The maximum Gasteiger partial charge on any atom is 0.148 e. The number of ether oxygens (including phenoxy) is 2. The zero-order valence-electron chi connectivity index (χ0n) is 18.6. The third-order valence-corrected chi connectivity index (χ3v) is 6.10. The number of benzene rings is 3. The van der Waals surface area contributed by atoms with E-state index in [0.717, 1.165) is 42.0 Å². The fourth-order valence-electron chi connectivity index (χ4n) is 3.73. The summed E-state index contributed by atoms with van der Waals surface area (Å²) < 4.78 is 14.2. The molecule has 4 aromatic rings. The van der Waals surface area contributed by atoms with E-state index in [-0.39, 0.29) is 0 Å². The largest absolute Gasteiger partial charge is 0.494 e. The predicted octanol–water partition coefficient (Wildman–Crippen LogP) is 7.25. The molecule has 0 saturated heterocycles. The predicted molar refractivity (Wildman–Crippen MR) is 131 cm³/mol. The highest BCUT2D eigenvalue weighted by atomic mass is 35.5. The summed E-state index contributed by atoms with van der Waals surface area (Å²) >= 11 is 6.24. The monoisotopic (exact) mass is 448 g/mol. The summed E-state index contributed by atoms with van der Waals surface area (Å²) in [6.45, 7) is 6.25. The summed E-state index contributed by atoms with van der Waals surface area (Å²) in [5.41, 5.74) is 3.42. The maximum absolute atomic E-state index is 6.24. The molecular weight excluding hydrogens is 420 g/mol. The topological polar surface area (TPSA) is 36.3 Å². The van der Waals surface area contributed by atoms with Crippen molar-refractivity contribution in [3.63, 3.8) is 0 Å². The Morgan fingerprint density at radius 3 is 2.47 bits per heavy atom. The van der Waals surface area contributed by atoms with Crippen LogP contribution in [0.15, 0.2) is 72.8 Å². The second kappa shape index (κ2) is 10.6. The SMILES string of the molecule is CCC(C)c1ccc(OCCCn2c(COc3ccccc3Cl)nc3ccccc32)cc1. The van der Waals surface area contributed by atoms with Crippen LogP contribution in [0.4, 0.5) is 0 Å². The number of aromatic nitrogens is 2. The Kier molecular flexibility index (Phi) is 7.33. The van der Waals surface area contributed by atoms with Crippen molar-refractivity contribution in [2.24, 2.45) is 0 Å². The van der Waals surface area contributed by atoms with E-state index in [0.29, 0.717) is 29.9 Å². The highest BCUT2D eigenvalue weighted by Gasteiger charge is 2.12. The van der Waals surface area contributed by atoms with E-state index in [9.17, 15) is 0 Å². The number of imidazole rings is 1. The molecule has 0 N–H and O–H groups in total. The van der Waals surface area contributed by atoms with Gasteiger partial charge in [0.05, 0.1) is 22.7 Å². The van der Waals surface area contributed by atoms with Gasteiger partial charge in [0, 0.05) is 6.54 Å². The molecule has 0 fully saturated rings. The van der Waals surface area contributed by atoms with E-state index >= 15 is 0 Å². The minimum atomic E-state index is 0.357. The molecule has 4 nitrogen and oxygen atoms in total. The summed E-state index contributed by atoms with van der Waals surface area (Å²) in [5, 5.41) is 0.600. The van der Waals surface area contributed by atoms with Crippen LogP contribution in [0.3, 0.4) is 0 Å². The van der Waals surface area contributed by atoms with Gasteiger partial charge < -0.3 is 14.0 Å². The Bertz CT molecular complexity index is 1150. The lowest BCUT2D eigenvalue weighted by Gasteiger charge is -2.13. The molecule has 1 unspecified atom stereocenters. The number of para-hydroxylation sites is 3. The molecule has 0 aliphatic rings. The average molecular weight is 449 g/mol. The zero-order valence-corrected chi connectivity index (χ0v) is 19.4. The van der Waals surface area contributed by atoms with Gasteiger partial charge in [-0.1, -0.05) is 61.8 Å². The summed E-state index contributed by atoms with van der Waals surface area (Å²) in [6.07, 6.45) is 2.01. The Morgan fingerprint density at radius 2 is 1.69 bits per heavy atom. The number of fused-ring (bicyclic) bond motifs is 1. The molecule has 166 valence electrons. The van der Waals surface area contributed by atoms with Crippen LogP contribution in [-0.2, 0) is 13.2 Å². The van der Waals surface area contributed by atoms with E-state index in [1.807, 2.05) is 42.5 Å². The Balaban J connectivity index is 1.39. The second-order valence-electron chi connectivity index (χ2n) is 7.97. The molecular formula is C27H29ClN2O2. The Hall–Kier alpha value is -2.98. The van der Waals surface area contributed by atoms with Crippen LogP contribution in [0.5, 0.6) is 11.5 Å². The highest BCUT2D eigenvalue weighted by Crippen LogP contribution is 2.25. The molecule has 0 aliphatic heterocycles. The standard InChI is InChI=1S/C27H29ClN2O2/c1-3-20(2)21-13-15-22(16-14-21)31-18-8-17-30-25-11-6-5-10-24(25)29-27(30)19-32-26-12-7-4-9-23(26)28/h4-7,9-16,20H,3,8,17-19H2,1-2H3. The normalized spacial score (nSPS) is 12.1. The molecule has 3 aromatic carbocycles. The van der Waals surface area contributed by atoms with Gasteiger partial charge in [-0.3, -0.25) is 0 Å². The minimum Gasteiger partial charge on any atom is -0.494 e. The summed E-state index contributed by atoms with van der Waals surface area (Å²) in [4.78, 5) is 4.78. The van der Waals surface area contributed by atoms with Crippen LogP contribution in [0.1, 0.15) is 44.0 Å². The van der Waals surface area contributed by atoms with Crippen molar-refractivity contribution in [2.45, 2.75) is 45.8 Å². The van der Waals surface area contributed by atoms with Crippen LogP contribution in [0, 0.1) is 0 Å². The number of halogens is 1. The molecule has 1 atom stereocenters. The summed E-state index contributed by atoms with van der Waals surface area (Å²) in [6, 6.07) is 24.1. The van der Waals surface area contributed by atoms with Crippen LogP contribution >= 0.6 is 11.6 Å². The molecule has 0 radical (unpaired) electrons. The van der Waals surface area contributed by atoms with Crippen molar-refractivity contribution in [1.29, 1.82) is 0 Å². The van der Waals surface area contributed by atoms with E-state index in [2.05, 4.69) is 48.7 Å². The van der Waals surface area contributed by atoms with Gasteiger partial charge in [0.2, 0.25) is 0 Å². The zero-order chi connectivity index (χ0) is 22.3. The van der Waals surface area contributed by atoms with Crippen LogP contribution in [0.2, 0.25) is 5.02 Å². The maximum atomic E-state index is 6.24. The van der Waals surface area contributed by atoms with Crippen LogP contribution in [-0.4, -0.2) is 16.2 Å². The van der Waals surface area contributed by atoms with E-state index in [1.54, 1.807) is 0 Å². The molecule has 0 bridgehead atoms. The third kappa shape index (κ3) is 5.25. The lowest BCUT2D eigenvalue weighted by atomic mass is 9.99. The van der Waals surface area contributed by atoms with Crippen molar-refractivity contribution in [3.8, 4) is 11.5 Å². The number of hydrogen-bond donors (Lipinski definition) is 0. The molecule has 5 heteroatoms. The van der Waals surface area contributed by atoms with Crippen molar-refractivity contribution in [1.82, 2.24) is 9.55 Å². The fraction of sp³-hybridized carbons (Fsp3) is 0.296. The number of nitrogens with zero attached hydrogens (tertiary/aromatic N) is 2. The van der Waals surface area contributed by atoms with Crippen molar-refractivity contribution < 1.29 is 9.47 Å². The Morgan fingerprint density at radius 1 is 0.938 bits per heavy atom. The van der Waals surface area contributed by atoms with Gasteiger partial charge in [0.25, 0.3) is 0 Å². The van der Waals surface area contributed by atoms with E-state index in [4.69, 9.17) is 26.1 Å². The molecule has 32 heavy (non-hydrogen) atoms. The first kappa shape index (κ1) is 22.2. The van der Waals surface area contributed by atoms with Gasteiger partial charge in [-0.15, -0.1) is 0 Å². The van der Waals surface area contributed by atoms with E-state index in [1.165, 1.54) is 5.56 Å². The van der Waals surface area contributed by atoms with Gasteiger partial charge >= 0.3 is 0 Å². The molecule has 4 rings (SSSR count). The third-order valence-electron chi connectivity index (χ3n) is 5.78. The van der Waals surface area contributed by atoms with Crippen LogP contribution in [0.25, 0.3) is 11.0 Å². The lowest BCUT2D eigenvalue weighted by Crippen LogP contribution is -2.10. The van der Waals surface area contributed by atoms with Gasteiger partial charge in [-0.25, -0.2) is 4.98 Å². The lowest BCUT2D eigenvalue weighted by molar-refractivity contribution is 0.280. The van der Waals surface area contributed by atoms with Gasteiger partial charge in [-0.2, -0.15) is 0 Å². The highest BCUT2D eigenvalue weighted by molar-refractivity contribution is 6.32. The summed E-state index contributed by atoms with van der Waals surface area (Å²) in [5.74, 6) is 3.03.